The van der Waals surface area contributed by atoms with Gasteiger partial charge >= 0.3 is 0 Å². The summed E-state index contributed by atoms with van der Waals surface area (Å²) in [5.41, 5.74) is 0.820. The number of rotatable bonds is 6. The number of pyridine rings is 1. The van der Waals surface area contributed by atoms with Gasteiger partial charge in [-0.05, 0) is 41.9 Å². The summed E-state index contributed by atoms with van der Waals surface area (Å²) in [6.07, 6.45) is -0.536. The van der Waals surface area contributed by atoms with Crippen molar-refractivity contribution in [2.24, 2.45) is 0 Å². The zero-order chi connectivity index (χ0) is 13.5. The summed E-state index contributed by atoms with van der Waals surface area (Å²) in [4.78, 5) is 16.0. The Balaban J connectivity index is 2.50. The molecule has 1 aromatic heterocycles. The summed E-state index contributed by atoms with van der Waals surface area (Å²) >= 11 is 3.35. The van der Waals surface area contributed by atoms with E-state index >= 15 is 0 Å². The monoisotopic (exact) mass is 316 g/mol. The molecule has 0 fully saturated rings. The molecule has 0 saturated heterocycles. The molecule has 1 atom stereocenters. The van der Waals surface area contributed by atoms with Crippen molar-refractivity contribution in [3.05, 3.63) is 22.3 Å². The first kappa shape index (κ1) is 15.1. The van der Waals surface area contributed by atoms with Gasteiger partial charge in [0.2, 0.25) is 0 Å². The fourth-order valence-corrected chi connectivity index (χ4v) is 1.45. The summed E-state index contributed by atoms with van der Waals surface area (Å²) in [6.45, 7) is 4.40. The number of halogens is 1. The van der Waals surface area contributed by atoms with Crippen LogP contribution in [0.1, 0.15) is 12.6 Å². The number of hydrogen-bond acceptors (Lipinski definition) is 4. The Morgan fingerprint density at radius 3 is 2.83 bits per heavy atom. The molecule has 1 aromatic rings. The van der Waals surface area contributed by atoms with E-state index in [4.69, 9.17) is 9.47 Å². The smallest absolute Gasteiger partial charge is 0.254 e. The number of aromatic nitrogens is 1. The summed E-state index contributed by atoms with van der Waals surface area (Å²) in [6, 6.07) is 3.57. The predicted molar refractivity (Wildman–Crippen MR) is 72.6 cm³/mol. The van der Waals surface area contributed by atoms with Crippen molar-refractivity contribution >= 4 is 27.7 Å². The van der Waals surface area contributed by atoms with Crippen LogP contribution < -0.4 is 5.32 Å². The van der Waals surface area contributed by atoms with Crippen molar-refractivity contribution in [2.45, 2.75) is 20.0 Å². The molecule has 0 aliphatic carbocycles. The van der Waals surface area contributed by atoms with Gasteiger partial charge in [0.05, 0.1) is 18.9 Å². The Hall–Kier alpha value is -0.980. The molecule has 1 N–H and O–H groups in total. The number of methoxy groups -OCH3 is 1. The summed E-state index contributed by atoms with van der Waals surface area (Å²) in [5, 5.41) is 2.70. The second-order valence-electron chi connectivity index (χ2n) is 3.76. The van der Waals surface area contributed by atoms with E-state index in [0.29, 0.717) is 19.0 Å². The highest BCUT2D eigenvalue weighted by molar-refractivity contribution is 9.10. The lowest BCUT2D eigenvalue weighted by Gasteiger charge is -2.13. The zero-order valence-electron chi connectivity index (χ0n) is 10.7. The van der Waals surface area contributed by atoms with Crippen molar-refractivity contribution < 1.29 is 14.3 Å². The molecule has 1 heterocycles. The summed E-state index contributed by atoms with van der Waals surface area (Å²) < 4.78 is 11.0. The van der Waals surface area contributed by atoms with Crippen LogP contribution in [-0.4, -0.2) is 37.3 Å². The van der Waals surface area contributed by atoms with Crippen LogP contribution in [0.5, 0.6) is 0 Å². The molecule has 100 valence electrons. The maximum absolute atomic E-state index is 11.8. The van der Waals surface area contributed by atoms with E-state index in [9.17, 15) is 4.79 Å². The van der Waals surface area contributed by atoms with E-state index in [2.05, 4.69) is 26.2 Å². The zero-order valence-corrected chi connectivity index (χ0v) is 12.3. The molecule has 0 spiro atoms. The number of ether oxygens (including phenoxy) is 2. The first-order valence-corrected chi connectivity index (χ1v) is 6.38. The third kappa shape index (κ3) is 4.72. The number of nitrogens with zero attached hydrogens (tertiary/aromatic N) is 1. The minimum Gasteiger partial charge on any atom is -0.382 e. The molecule has 1 amide bonds. The average molecular weight is 317 g/mol. The number of hydrogen-bond donors (Lipinski definition) is 1. The fourth-order valence-electron chi connectivity index (χ4n) is 1.23. The first-order chi connectivity index (χ1) is 8.54. The van der Waals surface area contributed by atoms with Gasteiger partial charge in [-0.25, -0.2) is 4.98 Å². The minimum absolute atomic E-state index is 0.222. The second kappa shape index (κ2) is 7.45. The van der Waals surface area contributed by atoms with E-state index in [0.717, 1.165) is 10.2 Å². The van der Waals surface area contributed by atoms with Crippen molar-refractivity contribution in [1.29, 1.82) is 0 Å². The van der Waals surface area contributed by atoms with Gasteiger partial charge in [-0.1, -0.05) is 0 Å². The molecule has 0 bridgehead atoms. The average Bonchev–Trinajstić information content (AvgIpc) is 2.34. The van der Waals surface area contributed by atoms with Crippen LogP contribution in [0.15, 0.2) is 16.6 Å². The summed E-state index contributed by atoms with van der Waals surface area (Å²) in [5.74, 6) is 0.295. The van der Waals surface area contributed by atoms with Crippen LogP contribution in [-0.2, 0) is 14.3 Å². The van der Waals surface area contributed by atoms with Crippen LogP contribution in [0.25, 0.3) is 0 Å². The Morgan fingerprint density at radius 1 is 1.50 bits per heavy atom. The molecular weight excluding hydrogens is 300 g/mol. The van der Waals surface area contributed by atoms with Gasteiger partial charge in [-0.3, -0.25) is 4.79 Å². The number of aryl methyl sites for hydroxylation is 1. The van der Waals surface area contributed by atoms with Gasteiger partial charge in [-0.15, -0.1) is 0 Å². The number of anilines is 1. The Morgan fingerprint density at radius 2 is 2.22 bits per heavy atom. The third-order valence-electron chi connectivity index (χ3n) is 2.30. The van der Waals surface area contributed by atoms with E-state index < -0.39 is 6.10 Å². The van der Waals surface area contributed by atoms with Crippen molar-refractivity contribution in [1.82, 2.24) is 4.98 Å². The van der Waals surface area contributed by atoms with Crippen LogP contribution in [0.4, 0.5) is 5.82 Å². The van der Waals surface area contributed by atoms with E-state index in [-0.39, 0.29) is 5.91 Å². The number of carbonyl (C=O) groups is 1. The SMILES string of the molecule is COCCO[C@@H](C)C(=O)Nc1ccc(Br)c(C)n1. The lowest BCUT2D eigenvalue weighted by molar-refractivity contribution is -0.127. The molecule has 0 unspecified atom stereocenters. The van der Waals surface area contributed by atoms with Crippen molar-refractivity contribution in [3.8, 4) is 0 Å². The van der Waals surface area contributed by atoms with Crippen LogP contribution in [0.2, 0.25) is 0 Å². The number of nitrogens with one attached hydrogen (secondary N) is 1. The molecule has 1 rings (SSSR count). The van der Waals surface area contributed by atoms with Crippen LogP contribution in [0.3, 0.4) is 0 Å². The molecule has 18 heavy (non-hydrogen) atoms. The second-order valence-corrected chi connectivity index (χ2v) is 4.61. The van der Waals surface area contributed by atoms with Crippen LogP contribution in [0, 0.1) is 6.92 Å². The standard InChI is InChI=1S/C12H17BrN2O3/c1-8-10(13)4-5-11(14-8)15-12(16)9(2)18-7-6-17-3/h4-5,9H,6-7H2,1-3H3,(H,14,15,16)/t9-/m0/s1. The molecule has 0 aliphatic rings. The fraction of sp³-hybridized carbons (Fsp3) is 0.500. The van der Waals surface area contributed by atoms with Crippen molar-refractivity contribution in [3.63, 3.8) is 0 Å². The minimum atomic E-state index is -0.536. The highest BCUT2D eigenvalue weighted by Gasteiger charge is 2.14. The van der Waals surface area contributed by atoms with Crippen LogP contribution >= 0.6 is 15.9 Å². The van der Waals surface area contributed by atoms with Gasteiger partial charge in [0.1, 0.15) is 11.9 Å². The molecule has 6 heteroatoms. The predicted octanol–water partition coefficient (Wildman–Crippen LogP) is 2.14. The maximum Gasteiger partial charge on any atom is 0.254 e. The van der Waals surface area contributed by atoms with Gasteiger partial charge in [-0.2, -0.15) is 0 Å². The quantitative estimate of drug-likeness (QED) is 0.817. The first-order valence-electron chi connectivity index (χ1n) is 5.59. The molecular formula is C12H17BrN2O3. The molecule has 0 aromatic carbocycles. The van der Waals surface area contributed by atoms with Gasteiger partial charge in [0.15, 0.2) is 0 Å². The molecule has 0 aliphatic heterocycles. The third-order valence-corrected chi connectivity index (χ3v) is 3.14. The number of amides is 1. The Labute approximate surface area is 115 Å². The highest BCUT2D eigenvalue weighted by Crippen LogP contribution is 2.16. The van der Waals surface area contributed by atoms with Gasteiger partial charge in [0.25, 0.3) is 5.91 Å². The van der Waals surface area contributed by atoms with E-state index in [1.807, 2.05) is 13.0 Å². The lowest BCUT2D eigenvalue weighted by atomic mass is 10.3. The van der Waals surface area contributed by atoms with Crippen molar-refractivity contribution in [2.75, 3.05) is 25.6 Å². The lowest BCUT2D eigenvalue weighted by Crippen LogP contribution is -2.29. The molecule has 0 radical (unpaired) electrons. The molecule has 0 saturated carbocycles. The molecule has 5 nitrogen and oxygen atoms in total. The highest BCUT2D eigenvalue weighted by atomic mass is 79.9. The van der Waals surface area contributed by atoms with Gasteiger partial charge < -0.3 is 14.8 Å². The summed E-state index contributed by atoms with van der Waals surface area (Å²) in [7, 11) is 1.59. The number of carbonyl (C=O) groups excluding carboxylic acids is 1. The van der Waals surface area contributed by atoms with E-state index in [1.165, 1.54) is 0 Å². The largest absolute Gasteiger partial charge is 0.382 e. The Kier molecular flexibility index (Phi) is 6.24. The topological polar surface area (TPSA) is 60.5 Å². The Bertz CT molecular complexity index is 412. The van der Waals surface area contributed by atoms with Gasteiger partial charge in [0, 0.05) is 11.6 Å². The maximum atomic E-state index is 11.8. The van der Waals surface area contributed by atoms with E-state index in [1.54, 1.807) is 20.1 Å². The normalized spacial score (nSPS) is 12.2.